The third-order valence-electron chi connectivity index (χ3n) is 3.58. The number of nitrogens with zero attached hydrogens (tertiary/aromatic N) is 2. The van der Waals surface area contributed by atoms with Gasteiger partial charge < -0.3 is 14.8 Å². The van der Waals surface area contributed by atoms with Crippen LogP contribution in [0.1, 0.15) is 29.2 Å². The van der Waals surface area contributed by atoms with Gasteiger partial charge in [-0.1, -0.05) is 13.8 Å². The van der Waals surface area contributed by atoms with Gasteiger partial charge in [0.1, 0.15) is 15.6 Å². The van der Waals surface area contributed by atoms with Crippen molar-refractivity contribution in [1.82, 2.24) is 15.0 Å². The number of aromatic amines is 1. The average molecular weight is 357 g/mol. The van der Waals surface area contributed by atoms with Crippen LogP contribution in [0.25, 0.3) is 21.8 Å². The van der Waals surface area contributed by atoms with Crippen LogP contribution in [0.4, 0.5) is 0 Å². The van der Waals surface area contributed by atoms with Gasteiger partial charge in [-0.05, 0) is 31.0 Å². The van der Waals surface area contributed by atoms with Crippen LogP contribution in [0.2, 0.25) is 0 Å². The van der Waals surface area contributed by atoms with Gasteiger partial charge in [-0.2, -0.15) is 0 Å². The van der Waals surface area contributed by atoms with Gasteiger partial charge in [0.05, 0.1) is 30.5 Å². The second-order valence-electron chi connectivity index (χ2n) is 6.12. The van der Waals surface area contributed by atoms with Crippen LogP contribution < -0.4 is 4.74 Å². The molecule has 2 heterocycles. The molecule has 0 spiro atoms. The van der Waals surface area contributed by atoms with Crippen molar-refractivity contribution in [3.05, 3.63) is 41.3 Å². The number of hydrogen-bond acceptors (Lipinski definition) is 5. The third-order valence-corrected chi connectivity index (χ3v) is 4.77. The van der Waals surface area contributed by atoms with Gasteiger partial charge in [-0.25, -0.2) is 14.8 Å². The zero-order valence-corrected chi connectivity index (χ0v) is 15.1. The van der Waals surface area contributed by atoms with Crippen LogP contribution >= 0.6 is 11.3 Å². The van der Waals surface area contributed by atoms with E-state index in [1.807, 2.05) is 18.2 Å². The normalized spacial score (nSPS) is 11.0. The number of thiazole rings is 1. The molecule has 6 nitrogen and oxygen atoms in total. The van der Waals surface area contributed by atoms with E-state index in [2.05, 4.69) is 28.8 Å². The Hall–Kier alpha value is -2.67. The molecule has 0 aliphatic heterocycles. The molecule has 3 rings (SSSR count). The molecule has 2 aromatic heterocycles. The van der Waals surface area contributed by atoms with E-state index in [4.69, 9.17) is 4.74 Å². The van der Waals surface area contributed by atoms with Crippen molar-refractivity contribution in [2.75, 3.05) is 6.61 Å². The largest absolute Gasteiger partial charge is 0.493 e. The first-order valence-electron chi connectivity index (χ1n) is 7.92. The standard InChI is InChI=1S/C18H19N3O3S/c1-10(2)8-24-15-5-4-12(6-13(15)14-7-19-9-20-14)17-21-11(3)16(25-17)18(22)23/h4-7,9-10H,8H2,1-3H3,(H,19,20)(H,22,23). The van der Waals surface area contributed by atoms with Crippen molar-refractivity contribution >= 4 is 17.3 Å². The first kappa shape index (κ1) is 17.2. The Kier molecular flexibility index (Phi) is 4.85. The number of imidazole rings is 1. The Balaban J connectivity index is 2.03. The van der Waals surface area contributed by atoms with E-state index in [-0.39, 0.29) is 4.88 Å². The van der Waals surface area contributed by atoms with Crippen molar-refractivity contribution < 1.29 is 14.6 Å². The number of rotatable bonds is 6. The lowest BCUT2D eigenvalue weighted by molar-refractivity contribution is 0.0701. The van der Waals surface area contributed by atoms with E-state index < -0.39 is 5.97 Å². The maximum absolute atomic E-state index is 11.3. The predicted molar refractivity (Wildman–Crippen MR) is 97.2 cm³/mol. The van der Waals surface area contributed by atoms with Crippen LogP contribution in [0, 0.1) is 12.8 Å². The van der Waals surface area contributed by atoms with Gasteiger partial charge in [-0.3, -0.25) is 0 Å². The Labute approximate surface area is 149 Å². The molecule has 0 aliphatic rings. The molecular weight excluding hydrogens is 338 g/mol. The third kappa shape index (κ3) is 3.71. The van der Waals surface area contributed by atoms with Crippen LogP contribution in [-0.2, 0) is 0 Å². The summed E-state index contributed by atoms with van der Waals surface area (Å²) in [5, 5.41) is 9.91. The lowest BCUT2D eigenvalue weighted by Crippen LogP contribution is -2.05. The number of aromatic carboxylic acids is 1. The monoisotopic (exact) mass is 357 g/mol. The van der Waals surface area contributed by atoms with Gasteiger partial charge in [0.15, 0.2) is 0 Å². The van der Waals surface area contributed by atoms with Gasteiger partial charge in [0.25, 0.3) is 0 Å². The zero-order chi connectivity index (χ0) is 18.0. The number of hydrogen-bond donors (Lipinski definition) is 2. The minimum atomic E-state index is -0.952. The van der Waals surface area contributed by atoms with E-state index in [1.165, 1.54) is 11.3 Å². The highest BCUT2D eigenvalue weighted by atomic mass is 32.1. The highest BCUT2D eigenvalue weighted by molar-refractivity contribution is 7.17. The van der Waals surface area contributed by atoms with E-state index in [1.54, 1.807) is 19.4 Å². The summed E-state index contributed by atoms with van der Waals surface area (Å²) in [6, 6.07) is 5.75. The molecule has 3 aromatic rings. The zero-order valence-electron chi connectivity index (χ0n) is 14.2. The maximum atomic E-state index is 11.3. The van der Waals surface area contributed by atoms with Crippen LogP contribution in [-0.4, -0.2) is 32.6 Å². The summed E-state index contributed by atoms with van der Waals surface area (Å²) in [6.07, 6.45) is 3.35. The Morgan fingerprint density at radius 2 is 2.20 bits per heavy atom. The Bertz CT molecular complexity index is 885. The summed E-state index contributed by atoms with van der Waals surface area (Å²) in [4.78, 5) is 23.1. The molecule has 2 N–H and O–H groups in total. The van der Waals surface area contributed by atoms with E-state index in [0.717, 1.165) is 22.6 Å². The first-order valence-corrected chi connectivity index (χ1v) is 8.74. The number of H-pyrrole nitrogens is 1. The minimum Gasteiger partial charge on any atom is -0.493 e. The second-order valence-corrected chi connectivity index (χ2v) is 7.12. The van der Waals surface area contributed by atoms with E-state index >= 15 is 0 Å². The quantitative estimate of drug-likeness (QED) is 0.689. The van der Waals surface area contributed by atoms with E-state index in [0.29, 0.717) is 23.2 Å². The fraction of sp³-hybridized carbons (Fsp3) is 0.278. The molecule has 0 saturated carbocycles. The number of carboxylic acid groups (broad SMARTS) is 1. The Morgan fingerprint density at radius 3 is 2.80 bits per heavy atom. The SMILES string of the molecule is Cc1nc(-c2ccc(OCC(C)C)c(-c3cnc[nH]3)c2)sc1C(=O)O. The molecular formula is C18H19N3O3S. The summed E-state index contributed by atoms with van der Waals surface area (Å²) in [7, 11) is 0. The van der Waals surface area contributed by atoms with Crippen molar-refractivity contribution in [3.63, 3.8) is 0 Å². The number of ether oxygens (including phenoxy) is 1. The molecule has 1 aromatic carbocycles. The minimum absolute atomic E-state index is 0.262. The second kappa shape index (κ2) is 7.06. The fourth-order valence-electron chi connectivity index (χ4n) is 2.38. The number of nitrogens with one attached hydrogen (secondary N) is 1. The molecule has 0 radical (unpaired) electrons. The molecule has 0 unspecified atom stereocenters. The average Bonchev–Trinajstić information content (AvgIpc) is 3.22. The molecule has 0 atom stereocenters. The van der Waals surface area contributed by atoms with Crippen LogP contribution in [0.3, 0.4) is 0 Å². The van der Waals surface area contributed by atoms with Crippen molar-refractivity contribution in [1.29, 1.82) is 0 Å². The molecule has 7 heteroatoms. The van der Waals surface area contributed by atoms with Gasteiger partial charge in [0, 0.05) is 11.1 Å². The molecule has 130 valence electrons. The fourth-order valence-corrected chi connectivity index (χ4v) is 3.28. The van der Waals surface area contributed by atoms with Crippen LogP contribution in [0.15, 0.2) is 30.7 Å². The highest BCUT2D eigenvalue weighted by Crippen LogP contribution is 2.35. The Morgan fingerprint density at radius 1 is 1.40 bits per heavy atom. The molecule has 0 amide bonds. The van der Waals surface area contributed by atoms with Crippen molar-refractivity contribution in [2.45, 2.75) is 20.8 Å². The van der Waals surface area contributed by atoms with Crippen molar-refractivity contribution in [2.24, 2.45) is 5.92 Å². The number of aryl methyl sites for hydroxylation is 1. The molecule has 25 heavy (non-hydrogen) atoms. The predicted octanol–water partition coefficient (Wildman–Crippen LogP) is 4.24. The lowest BCUT2D eigenvalue weighted by Gasteiger charge is -2.13. The summed E-state index contributed by atoms with van der Waals surface area (Å²) < 4.78 is 5.92. The van der Waals surface area contributed by atoms with Gasteiger partial charge in [0.2, 0.25) is 0 Å². The van der Waals surface area contributed by atoms with Crippen molar-refractivity contribution in [3.8, 4) is 27.6 Å². The van der Waals surface area contributed by atoms with Gasteiger partial charge in [-0.15, -0.1) is 11.3 Å². The number of aromatic nitrogens is 3. The lowest BCUT2D eigenvalue weighted by atomic mass is 10.1. The van der Waals surface area contributed by atoms with E-state index in [9.17, 15) is 9.90 Å². The molecule has 0 saturated heterocycles. The molecule has 0 fully saturated rings. The topological polar surface area (TPSA) is 88.1 Å². The first-order chi connectivity index (χ1) is 12.0. The highest BCUT2D eigenvalue weighted by Gasteiger charge is 2.17. The number of carbonyl (C=O) groups is 1. The summed E-state index contributed by atoms with van der Waals surface area (Å²) >= 11 is 1.17. The summed E-state index contributed by atoms with van der Waals surface area (Å²) in [5.74, 6) is 0.217. The smallest absolute Gasteiger partial charge is 0.347 e. The number of benzene rings is 1. The molecule has 0 aliphatic carbocycles. The van der Waals surface area contributed by atoms with Crippen LogP contribution in [0.5, 0.6) is 5.75 Å². The number of carboxylic acids is 1. The summed E-state index contributed by atoms with van der Waals surface area (Å²) in [5.41, 5.74) is 3.09. The molecule has 0 bridgehead atoms. The van der Waals surface area contributed by atoms with Gasteiger partial charge >= 0.3 is 5.97 Å². The maximum Gasteiger partial charge on any atom is 0.347 e. The summed E-state index contributed by atoms with van der Waals surface area (Å²) in [6.45, 7) is 6.51.